The lowest BCUT2D eigenvalue weighted by molar-refractivity contribution is -0.141. The van der Waals surface area contributed by atoms with E-state index >= 15 is 0 Å². The predicted octanol–water partition coefficient (Wildman–Crippen LogP) is 3.21. The second-order valence-corrected chi connectivity index (χ2v) is 10.2. The molecule has 2 aromatic rings. The average Bonchev–Trinajstić information content (AvgIpc) is 3.01. The first kappa shape index (κ1) is 25.7. The predicted molar refractivity (Wildman–Crippen MR) is 129 cm³/mol. The molecule has 10 heteroatoms. The van der Waals surface area contributed by atoms with Crippen molar-refractivity contribution >= 4 is 39.3 Å². The van der Waals surface area contributed by atoms with E-state index in [1.165, 1.54) is 17.0 Å². The van der Waals surface area contributed by atoms with Crippen molar-refractivity contribution < 1.29 is 22.8 Å². The summed E-state index contributed by atoms with van der Waals surface area (Å²) in [6.45, 7) is 4.06. The van der Waals surface area contributed by atoms with E-state index in [9.17, 15) is 22.8 Å². The molecular formula is C24H28ClN3O5S. The number of carbonyl (C=O) groups excluding carboxylic acids is 3. The summed E-state index contributed by atoms with van der Waals surface area (Å²) < 4.78 is 26.3. The molecule has 0 saturated carbocycles. The lowest BCUT2D eigenvalue weighted by Crippen LogP contribution is -2.49. The SMILES string of the molecule is CCNC(=O)[C@@H](CC)N(Cc1ccccc1Cl)C(=O)CCCN1C(=O)c2ccccc2S1(=O)=O. The van der Waals surface area contributed by atoms with Crippen molar-refractivity contribution in [2.75, 3.05) is 13.1 Å². The summed E-state index contributed by atoms with van der Waals surface area (Å²) >= 11 is 6.29. The molecule has 2 aromatic carbocycles. The highest BCUT2D eigenvalue weighted by Crippen LogP contribution is 2.30. The van der Waals surface area contributed by atoms with Gasteiger partial charge in [0.25, 0.3) is 15.9 Å². The number of fused-ring (bicyclic) bond motifs is 1. The van der Waals surface area contributed by atoms with Crippen LogP contribution in [-0.2, 0) is 26.2 Å². The van der Waals surface area contributed by atoms with Crippen LogP contribution >= 0.6 is 11.6 Å². The van der Waals surface area contributed by atoms with Gasteiger partial charge in [-0.2, -0.15) is 0 Å². The number of hydrogen-bond donors (Lipinski definition) is 1. The molecule has 0 radical (unpaired) electrons. The first-order valence-electron chi connectivity index (χ1n) is 11.2. The molecule has 0 aliphatic carbocycles. The zero-order chi connectivity index (χ0) is 24.9. The third kappa shape index (κ3) is 5.26. The van der Waals surface area contributed by atoms with Crippen molar-refractivity contribution in [3.05, 3.63) is 64.7 Å². The van der Waals surface area contributed by atoms with Gasteiger partial charge in [0, 0.05) is 31.1 Å². The number of hydrogen-bond acceptors (Lipinski definition) is 5. The lowest BCUT2D eigenvalue weighted by atomic mass is 10.1. The molecule has 34 heavy (non-hydrogen) atoms. The Morgan fingerprint density at radius 3 is 2.41 bits per heavy atom. The highest BCUT2D eigenvalue weighted by Gasteiger charge is 2.40. The van der Waals surface area contributed by atoms with Gasteiger partial charge >= 0.3 is 0 Å². The van der Waals surface area contributed by atoms with Gasteiger partial charge in [0.05, 0.1) is 5.56 Å². The molecule has 1 aliphatic rings. The molecule has 1 aliphatic heterocycles. The van der Waals surface area contributed by atoms with Gasteiger partial charge in [-0.25, -0.2) is 12.7 Å². The lowest BCUT2D eigenvalue weighted by Gasteiger charge is -2.31. The number of nitrogens with one attached hydrogen (secondary N) is 1. The fourth-order valence-electron chi connectivity index (χ4n) is 3.99. The minimum atomic E-state index is -3.93. The highest BCUT2D eigenvalue weighted by molar-refractivity contribution is 7.90. The largest absolute Gasteiger partial charge is 0.355 e. The van der Waals surface area contributed by atoms with Crippen molar-refractivity contribution in [1.29, 1.82) is 0 Å². The Morgan fingerprint density at radius 2 is 1.76 bits per heavy atom. The number of sulfonamides is 1. The number of rotatable bonds is 10. The van der Waals surface area contributed by atoms with Gasteiger partial charge in [-0.05, 0) is 43.5 Å². The molecule has 0 saturated heterocycles. The van der Waals surface area contributed by atoms with Crippen LogP contribution in [-0.4, -0.2) is 54.5 Å². The standard InChI is InChI=1S/C24H28ClN3O5S/c1-3-20(23(30)26-4-2)27(16-17-10-5-7-12-19(17)25)22(29)14-9-15-28-24(31)18-11-6-8-13-21(18)34(28,32)33/h5-8,10-13,20H,3-4,9,14-16H2,1-2H3,(H,26,30)/t20-/m1/s1. The summed E-state index contributed by atoms with van der Waals surface area (Å²) in [5.74, 6) is -1.18. The number of carbonyl (C=O) groups is 3. The molecule has 0 fully saturated rings. The summed E-state index contributed by atoms with van der Waals surface area (Å²) in [6.07, 6.45) is 0.495. The Balaban J connectivity index is 1.75. The van der Waals surface area contributed by atoms with Gasteiger partial charge in [0.1, 0.15) is 10.9 Å². The molecule has 182 valence electrons. The molecular weight excluding hydrogens is 478 g/mol. The molecule has 0 aromatic heterocycles. The third-order valence-electron chi connectivity index (χ3n) is 5.70. The van der Waals surface area contributed by atoms with E-state index < -0.39 is 22.0 Å². The van der Waals surface area contributed by atoms with Gasteiger partial charge in [-0.3, -0.25) is 14.4 Å². The van der Waals surface area contributed by atoms with Gasteiger partial charge in [-0.15, -0.1) is 0 Å². The molecule has 0 spiro atoms. The molecule has 1 N–H and O–H groups in total. The van der Waals surface area contributed by atoms with Crippen molar-refractivity contribution in [3.8, 4) is 0 Å². The van der Waals surface area contributed by atoms with Crippen molar-refractivity contribution in [2.24, 2.45) is 0 Å². The molecule has 0 bridgehead atoms. The molecule has 1 atom stereocenters. The van der Waals surface area contributed by atoms with E-state index in [1.54, 1.807) is 43.3 Å². The van der Waals surface area contributed by atoms with E-state index in [0.29, 0.717) is 23.6 Å². The van der Waals surface area contributed by atoms with Crippen LogP contribution in [0.5, 0.6) is 0 Å². The molecule has 0 unspecified atom stereocenters. The van der Waals surface area contributed by atoms with E-state index in [1.807, 2.05) is 6.92 Å². The molecule has 3 rings (SSSR count). The van der Waals surface area contributed by atoms with Gasteiger partial charge in [0.2, 0.25) is 11.8 Å². The van der Waals surface area contributed by atoms with E-state index in [4.69, 9.17) is 11.6 Å². The second kappa shape index (κ2) is 11.0. The van der Waals surface area contributed by atoms with Crippen LogP contribution in [0.1, 0.15) is 49.0 Å². The second-order valence-electron chi connectivity index (χ2n) is 7.91. The average molecular weight is 506 g/mol. The maximum absolute atomic E-state index is 13.3. The third-order valence-corrected chi connectivity index (χ3v) is 7.91. The minimum Gasteiger partial charge on any atom is -0.355 e. The quantitative estimate of drug-likeness (QED) is 0.534. The van der Waals surface area contributed by atoms with Crippen LogP contribution in [0.3, 0.4) is 0 Å². The number of halogens is 1. The summed E-state index contributed by atoms with van der Waals surface area (Å²) in [6, 6.07) is 12.4. The van der Waals surface area contributed by atoms with Crippen molar-refractivity contribution in [3.63, 3.8) is 0 Å². The smallest absolute Gasteiger partial charge is 0.269 e. The van der Waals surface area contributed by atoms with Gasteiger partial charge in [-0.1, -0.05) is 48.9 Å². The zero-order valence-electron chi connectivity index (χ0n) is 19.2. The molecule has 8 nitrogen and oxygen atoms in total. The monoisotopic (exact) mass is 505 g/mol. The van der Waals surface area contributed by atoms with E-state index in [2.05, 4.69) is 5.32 Å². The fraction of sp³-hybridized carbons (Fsp3) is 0.375. The topological polar surface area (TPSA) is 104 Å². The Hall–Kier alpha value is -2.91. The van der Waals surface area contributed by atoms with Crippen LogP contribution in [0.15, 0.2) is 53.4 Å². The maximum atomic E-state index is 13.3. The zero-order valence-corrected chi connectivity index (χ0v) is 20.7. The molecule has 3 amide bonds. The van der Waals surface area contributed by atoms with Gasteiger partial charge < -0.3 is 10.2 Å². The Bertz CT molecular complexity index is 1180. The van der Waals surface area contributed by atoms with Crippen LogP contribution in [0.4, 0.5) is 0 Å². The van der Waals surface area contributed by atoms with Crippen LogP contribution in [0, 0.1) is 0 Å². The maximum Gasteiger partial charge on any atom is 0.269 e. The fourth-order valence-corrected chi connectivity index (χ4v) is 5.79. The highest BCUT2D eigenvalue weighted by atomic mass is 35.5. The summed E-state index contributed by atoms with van der Waals surface area (Å²) in [5.41, 5.74) is 0.837. The molecule has 1 heterocycles. The number of nitrogens with zero attached hydrogens (tertiary/aromatic N) is 2. The number of amides is 3. The van der Waals surface area contributed by atoms with Gasteiger partial charge in [0.15, 0.2) is 0 Å². The number of likely N-dealkylation sites (N-methyl/N-ethyl adjacent to an activating group) is 1. The van der Waals surface area contributed by atoms with Crippen molar-refractivity contribution in [2.45, 2.75) is 50.6 Å². The van der Waals surface area contributed by atoms with Crippen molar-refractivity contribution in [1.82, 2.24) is 14.5 Å². The summed E-state index contributed by atoms with van der Waals surface area (Å²) in [5, 5.41) is 3.25. The Morgan fingerprint density at radius 1 is 1.09 bits per heavy atom. The van der Waals surface area contributed by atoms with Crippen LogP contribution in [0.2, 0.25) is 5.02 Å². The Kier molecular flexibility index (Phi) is 8.33. The van der Waals surface area contributed by atoms with Crippen LogP contribution < -0.4 is 5.32 Å². The normalized spacial score (nSPS) is 15.0. The summed E-state index contributed by atoms with van der Waals surface area (Å²) in [4.78, 5) is 40.0. The first-order chi connectivity index (χ1) is 16.2. The van der Waals surface area contributed by atoms with E-state index in [0.717, 1.165) is 4.31 Å². The summed E-state index contributed by atoms with van der Waals surface area (Å²) in [7, 11) is -3.93. The first-order valence-corrected chi connectivity index (χ1v) is 13.0. The minimum absolute atomic E-state index is 0.0195. The Labute approximate surface area is 204 Å². The van der Waals surface area contributed by atoms with Crippen LogP contribution in [0.25, 0.3) is 0 Å². The van der Waals surface area contributed by atoms with E-state index in [-0.39, 0.29) is 48.2 Å². The number of benzene rings is 2.